The van der Waals surface area contributed by atoms with Crippen molar-refractivity contribution in [2.45, 2.75) is 6.54 Å². The van der Waals surface area contributed by atoms with E-state index in [1.165, 1.54) is 5.56 Å². The molecule has 0 amide bonds. The fraction of sp³-hybridized carbons (Fsp3) is 0.625. The van der Waals surface area contributed by atoms with Crippen LogP contribution < -0.4 is 0 Å². The van der Waals surface area contributed by atoms with Crippen LogP contribution in [0.4, 0.5) is 0 Å². The van der Waals surface area contributed by atoms with Crippen molar-refractivity contribution in [3.63, 3.8) is 0 Å². The third-order valence-electron chi connectivity index (χ3n) is 4.75. The van der Waals surface area contributed by atoms with Crippen LogP contribution in [0.2, 0.25) is 0 Å². The minimum absolute atomic E-state index is 0.363. The van der Waals surface area contributed by atoms with Gasteiger partial charge in [0.25, 0.3) is 0 Å². The van der Waals surface area contributed by atoms with E-state index in [1.54, 1.807) is 0 Å². The van der Waals surface area contributed by atoms with Gasteiger partial charge < -0.3 is 10.0 Å². The Labute approximate surface area is 115 Å². The highest BCUT2D eigenvalue weighted by Gasteiger charge is 2.40. The zero-order valence-electron chi connectivity index (χ0n) is 11.7. The highest BCUT2D eigenvalue weighted by atomic mass is 16.3. The Morgan fingerprint density at radius 3 is 2.26 bits per heavy atom. The molecule has 2 atom stereocenters. The summed E-state index contributed by atoms with van der Waals surface area (Å²) in [6.45, 7) is 5.93. The number of likely N-dealkylation sites (tertiary alicyclic amines) is 2. The van der Waals surface area contributed by atoms with E-state index in [9.17, 15) is 5.11 Å². The Balaban J connectivity index is 1.68. The van der Waals surface area contributed by atoms with Gasteiger partial charge in [-0.2, -0.15) is 0 Å². The normalized spacial score (nSPS) is 32.4. The molecule has 2 aliphatic rings. The fourth-order valence-corrected chi connectivity index (χ4v) is 3.92. The molecule has 0 aliphatic carbocycles. The molecule has 2 bridgehead atoms. The van der Waals surface area contributed by atoms with Crippen LogP contribution in [0.1, 0.15) is 5.56 Å². The second-order valence-corrected chi connectivity index (χ2v) is 6.27. The van der Waals surface area contributed by atoms with Gasteiger partial charge in [0.15, 0.2) is 0 Å². The van der Waals surface area contributed by atoms with E-state index in [4.69, 9.17) is 0 Å². The van der Waals surface area contributed by atoms with Crippen LogP contribution in [0.5, 0.6) is 0 Å². The van der Waals surface area contributed by atoms with Crippen LogP contribution in [0.25, 0.3) is 0 Å². The van der Waals surface area contributed by atoms with Gasteiger partial charge in [-0.25, -0.2) is 0 Å². The van der Waals surface area contributed by atoms with E-state index in [-0.39, 0.29) is 0 Å². The van der Waals surface area contributed by atoms with Crippen LogP contribution in [-0.4, -0.2) is 54.7 Å². The van der Waals surface area contributed by atoms with Gasteiger partial charge in [0.1, 0.15) is 0 Å². The minimum atomic E-state index is 0.363. The Bertz CT molecular complexity index is 392. The number of piperidine rings is 2. The lowest BCUT2D eigenvalue weighted by Crippen LogP contribution is -2.57. The Kier molecular flexibility index (Phi) is 3.87. The molecule has 2 fully saturated rings. The lowest BCUT2D eigenvalue weighted by molar-refractivity contribution is -0.0379. The molecule has 2 unspecified atom stereocenters. The minimum Gasteiger partial charge on any atom is -0.396 e. The monoisotopic (exact) mass is 260 g/mol. The van der Waals surface area contributed by atoms with Crippen molar-refractivity contribution >= 4 is 0 Å². The van der Waals surface area contributed by atoms with Gasteiger partial charge in [-0.3, -0.25) is 4.90 Å². The van der Waals surface area contributed by atoms with Crippen LogP contribution in [0.3, 0.4) is 0 Å². The first kappa shape index (κ1) is 13.1. The third kappa shape index (κ3) is 2.83. The van der Waals surface area contributed by atoms with Gasteiger partial charge >= 0.3 is 0 Å². The van der Waals surface area contributed by atoms with Gasteiger partial charge in [0.2, 0.25) is 0 Å². The molecule has 3 heteroatoms. The van der Waals surface area contributed by atoms with Crippen molar-refractivity contribution in [3.05, 3.63) is 35.9 Å². The van der Waals surface area contributed by atoms with Crippen molar-refractivity contribution in [3.8, 4) is 0 Å². The summed E-state index contributed by atoms with van der Waals surface area (Å²) >= 11 is 0. The summed E-state index contributed by atoms with van der Waals surface area (Å²) in [4.78, 5) is 5.01. The SMILES string of the molecule is CN1CC2CN(Cc3ccccc3)CC(C1)C2CO. The summed E-state index contributed by atoms with van der Waals surface area (Å²) in [5, 5.41) is 9.62. The van der Waals surface area contributed by atoms with Gasteiger partial charge in [-0.1, -0.05) is 30.3 Å². The van der Waals surface area contributed by atoms with Gasteiger partial charge in [0, 0.05) is 39.3 Å². The predicted octanol–water partition coefficient (Wildman–Crippen LogP) is 1.29. The zero-order chi connectivity index (χ0) is 13.2. The Morgan fingerprint density at radius 1 is 1.05 bits per heavy atom. The van der Waals surface area contributed by atoms with Crippen molar-refractivity contribution in [1.29, 1.82) is 0 Å². The van der Waals surface area contributed by atoms with Crippen molar-refractivity contribution in [2.24, 2.45) is 17.8 Å². The maximum Gasteiger partial charge on any atom is 0.0466 e. The average Bonchev–Trinajstić information content (AvgIpc) is 2.38. The summed E-state index contributed by atoms with van der Waals surface area (Å²) in [5.74, 6) is 1.78. The Hall–Kier alpha value is -0.900. The molecule has 0 aromatic heterocycles. The molecular formula is C16H24N2O. The summed E-state index contributed by atoms with van der Waals surface area (Å²) in [6.07, 6.45) is 0. The zero-order valence-corrected chi connectivity index (χ0v) is 11.7. The molecule has 2 heterocycles. The first-order valence-corrected chi connectivity index (χ1v) is 7.32. The molecule has 1 aromatic carbocycles. The van der Waals surface area contributed by atoms with E-state index in [0.717, 1.165) is 32.7 Å². The molecule has 2 saturated heterocycles. The fourth-order valence-electron chi connectivity index (χ4n) is 3.92. The van der Waals surface area contributed by atoms with Crippen LogP contribution >= 0.6 is 0 Å². The van der Waals surface area contributed by atoms with Crippen molar-refractivity contribution in [1.82, 2.24) is 9.80 Å². The summed E-state index contributed by atoms with van der Waals surface area (Å²) < 4.78 is 0. The van der Waals surface area contributed by atoms with Crippen LogP contribution in [0, 0.1) is 17.8 Å². The van der Waals surface area contributed by atoms with E-state index in [1.807, 2.05) is 0 Å². The summed E-state index contributed by atoms with van der Waals surface area (Å²) in [5.41, 5.74) is 1.40. The van der Waals surface area contributed by atoms with Crippen molar-refractivity contribution < 1.29 is 5.11 Å². The average molecular weight is 260 g/mol. The molecule has 19 heavy (non-hydrogen) atoms. The number of rotatable bonds is 3. The highest BCUT2D eigenvalue weighted by molar-refractivity contribution is 5.14. The molecule has 1 N–H and O–H groups in total. The van der Waals surface area contributed by atoms with E-state index in [2.05, 4.69) is 47.2 Å². The topological polar surface area (TPSA) is 26.7 Å². The third-order valence-corrected chi connectivity index (χ3v) is 4.75. The molecule has 0 saturated carbocycles. The van der Waals surface area contributed by atoms with Crippen LogP contribution in [0.15, 0.2) is 30.3 Å². The maximum absolute atomic E-state index is 9.62. The summed E-state index contributed by atoms with van der Waals surface area (Å²) in [7, 11) is 2.21. The number of hydrogen-bond acceptors (Lipinski definition) is 3. The standard InChI is InChI=1S/C16H24N2O/c1-17-8-14-10-18(7-13-5-3-2-4-6-13)11-15(9-17)16(14)12-19/h2-6,14-16,19H,7-12H2,1H3. The van der Waals surface area contributed by atoms with Gasteiger partial charge in [0.05, 0.1) is 0 Å². The first-order chi connectivity index (χ1) is 9.26. The number of benzene rings is 1. The lowest BCUT2D eigenvalue weighted by Gasteiger charge is -2.49. The number of hydrogen-bond donors (Lipinski definition) is 1. The number of aliphatic hydroxyl groups excluding tert-OH is 1. The van der Waals surface area contributed by atoms with E-state index < -0.39 is 0 Å². The van der Waals surface area contributed by atoms with Gasteiger partial charge in [-0.15, -0.1) is 0 Å². The predicted molar refractivity (Wildman–Crippen MR) is 76.8 cm³/mol. The summed E-state index contributed by atoms with van der Waals surface area (Å²) in [6, 6.07) is 10.7. The largest absolute Gasteiger partial charge is 0.396 e. The molecule has 3 nitrogen and oxygen atoms in total. The molecular weight excluding hydrogens is 236 g/mol. The molecule has 2 aliphatic heterocycles. The second kappa shape index (κ2) is 5.61. The van der Waals surface area contributed by atoms with Crippen LogP contribution in [-0.2, 0) is 6.54 Å². The maximum atomic E-state index is 9.62. The Morgan fingerprint density at radius 2 is 1.68 bits per heavy atom. The molecule has 3 rings (SSSR count). The van der Waals surface area contributed by atoms with E-state index >= 15 is 0 Å². The molecule has 0 radical (unpaired) electrons. The molecule has 0 spiro atoms. The van der Waals surface area contributed by atoms with E-state index in [0.29, 0.717) is 24.4 Å². The smallest absolute Gasteiger partial charge is 0.0466 e. The second-order valence-electron chi connectivity index (χ2n) is 6.27. The molecule has 1 aromatic rings. The van der Waals surface area contributed by atoms with Gasteiger partial charge in [-0.05, 0) is 30.4 Å². The molecule has 104 valence electrons. The lowest BCUT2D eigenvalue weighted by atomic mass is 9.74. The number of nitrogens with zero attached hydrogens (tertiary/aromatic N) is 2. The number of aliphatic hydroxyl groups is 1. The first-order valence-electron chi connectivity index (χ1n) is 7.32. The van der Waals surface area contributed by atoms with Crippen molar-refractivity contribution in [2.75, 3.05) is 39.8 Å². The quantitative estimate of drug-likeness (QED) is 0.887. The highest BCUT2D eigenvalue weighted by Crippen LogP contribution is 2.34. The number of fused-ring (bicyclic) bond motifs is 2.